The molecule has 3 aromatic rings. The number of aromatic hydroxyl groups is 1. The third-order valence-electron chi connectivity index (χ3n) is 9.48. The molecule has 0 unspecified atom stereocenters. The normalized spacial score (nSPS) is 19.4. The van der Waals surface area contributed by atoms with Gasteiger partial charge in [0.05, 0.1) is 0 Å². The summed E-state index contributed by atoms with van der Waals surface area (Å²) in [7, 11) is 0. The third-order valence-corrected chi connectivity index (χ3v) is 9.48. The molecule has 1 heterocycles. The van der Waals surface area contributed by atoms with Gasteiger partial charge in [-0.3, -0.25) is 4.79 Å². The summed E-state index contributed by atoms with van der Waals surface area (Å²) in [4.78, 5) is 14.1. The van der Waals surface area contributed by atoms with Crippen LogP contribution in [0.25, 0.3) is 10.8 Å². The second-order valence-corrected chi connectivity index (χ2v) is 14.0. The van der Waals surface area contributed by atoms with Crippen molar-refractivity contribution in [1.29, 1.82) is 0 Å². The fourth-order valence-electron chi connectivity index (χ4n) is 7.49. The first kappa shape index (κ1) is 31.6. The first-order valence-electron chi connectivity index (χ1n) is 16.1. The second kappa shape index (κ2) is 12.0. The lowest BCUT2D eigenvalue weighted by atomic mass is 9.64. The Kier molecular flexibility index (Phi) is 8.59. The number of ketones is 1. The number of aliphatic hydroxyl groups is 1. The van der Waals surface area contributed by atoms with Gasteiger partial charge >= 0.3 is 0 Å². The molecule has 4 nitrogen and oxygen atoms in total. The van der Waals surface area contributed by atoms with E-state index in [0.717, 1.165) is 68.1 Å². The average molecular weight is 593 g/mol. The predicted molar refractivity (Wildman–Crippen MR) is 182 cm³/mol. The number of phenolic OH excluding ortho intramolecular Hbond substituents is 1. The molecule has 5 rings (SSSR count). The van der Waals surface area contributed by atoms with Crippen LogP contribution in [0.3, 0.4) is 0 Å². The van der Waals surface area contributed by atoms with E-state index in [4.69, 9.17) is 4.74 Å². The highest BCUT2D eigenvalue weighted by molar-refractivity contribution is 6.11. The zero-order valence-electron chi connectivity index (χ0n) is 28.1. The van der Waals surface area contributed by atoms with Crippen molar-refractivity contribution in [2.24, 2.45) is 5.92 Å². The van der Waals surface area contributed by atoms with Crippen molar-refractivity contribution in [3.05, 3.63) is 104 Å². The molecule has 0 fully saturated rings. The highest BCUT2D eigenvalue weighted by atomic mass is 16.5. The van der Waals surface area contributed by atoms with E-state index in [0.29, 0.717) is 11.3 Å². The smallest absolute Gasteiger partial charge is 0.227 e. The van der Waals surface area contributed by atoms with E-state index >= 15 is 0 Å². The van der Waals surface area contributed by atoms with Crippen LogP contribution >= 0.6 is 0 Å². The molecule has 0 radical (unpaired) electrons. The van der Waals surface area contributed by atoms with Gasteiger partial charge in [-0.25, -0.2) is 0 Å². The maximum atomic E-state index is 14.1. The summed E-state index contributed by atoms with van der Waals surface area (Å²) in [5.41, 5.74) is 9.85. The summed E-state index contributed by atoms with van der Waals surface area (Å²) in [5, 5.41) is 25.3. The number of ether oxygens (including phenoxy) is 1. The molecular weight excluding hydrogens is 544 g/mol. The number of carbonyl (C=O) groups is 1. The van der Waals surface area contributed by atoms with Gasteiger partial charge < -0.3 is 14.9 Å². The second-order valence-electron chi connectivity index (χ2n) is 14.0. The number of rotatable bonds is 7. The summed E-state index contributed by atoms with van der Waals surface area (Å²) >= 11 is 0. The minimum atomic E-state index is -0.423. The quantitative estimate of drug-likeness (QED) is 0.268. The number of hydrogen-bond donors (Lipinski definition) is 2. The average Bonchev–Trinajstić information content (AvgIpc) is 2.93. The first-order chi connectivity index (χ1) is 20.7. The number of Topliss-reactive ketones (excluding diaryl/α,β-unsaturated/α-hetero) is 1. The van der Waals surface area contributed by atoms with Crippen LogP contribution in [0.5, 0.6) is 11.5 Å². The summed E-state index contributed by atoms with van der Waals surface area (Å²) in [6.07, 6.45) is 5.48. The fraction of sp³-hybridized carbons (Fsp3) is 0.425. The number of fused-ring (bicyclic) bond motifs is 1. The molecule has 0 bridgehead atoms. The molecule has 2 aliphatic rings. The minimum Gasteiger partial charge on any atom is -0.504 e. The van der Waals surface area contributed by atoms with E-state index in [-0.39, 0.29) is 41.0 Å². The van der Waals surface area contributed by atoms with Gasteiger partial charge in [0.1, 0.15) is 6.10 Å². The van der Waals surface area contributed by atoms with Crippen molar-refractivity contribution in [1.82, 2.24) is 0 Å². The van der Waals surface area contributed by atoms with Crippen molar-refractivity contribution in [2.45, 2.75) is 106 Å². The van der Waals surface area contributed by atoms with Crippen LogP contribution in [-0.2, 0) is 6.42 Å². The topological polar surface area (TPSA) is 66.8 Å². The number of aryl methyl sites for hydroxylation is 2. The Balaban J connectivity index is 1.87. The zero-order chi connectivity index (χ0) is 32.2. The fourth-order valence-corrected chi connectivity index (χ4v) is 7.49. The maximum absolute atomic E-state index is 14.1. The zero-order valence-corrected chi connectivity index (χ0v) is 28.1. The van der Waals surface area contributed by atoms with E-state index < -0.39 is 6.10 Å². The van der Waals surface area contributed by atoms with Crippen molar-refractivity contribution in [3.63, 3.8) is 0 Å². The number of benzene rings is 3. The molecule has 0 amide bonds. The van der Waals surface area contributed by atoms with Crippen molar-refractivity contribution < 1.29 is 19.7 Å². The van der Waals surface area contributed by atoms with Crippen LogP contribution in [0.1, 0.15) is 123 Å². The van der Waals surface area contributed by atoms with Gasteiger partial charge in [-0.05, 0) is 117 Å². The van der Waals surface area contributed by atoms with Gasteiger partial charge in [0.15, 0.2) is 17.3 Å². The van der Waals surface area contributed by atoms with E-state index in [1.807, 2.05) is 0 Å². The van der Waals surface area contributed by atoms with Crippen LogP contribution in [-0.4, -0.2) is 22.1 Å². The third kappa shape index (κ3) is 5.27. The molecule has 232 valence electrons. The summed E-state index contributed by atoms with van der Waals surface area (Å²) in [6, 6.07) is 10.6. The monoisotopic (exact) mass is 592 g/mol. The van der Waals surface area contributed by atoms with Crippen LogP contribution in [0.15, 0.2) is 65.0 Å². The Morgan fingerprint density at radius 3 is 2.23 bits per heavy atom. The lowest BCUT2D eigenvalue weighted by Gasteiger charge is -2.43. The van der Waals surface area contributed by atoms with Crippen LogP contribution in [0, 0.1) is 19.8 Å². The van der Waals surface area contributed by atoms with Crippen LogP contribution in [0.4, 0.5) is 0 Å². The summed E-state index contributed by atoms with van der Waals surface area (Å²) < 4.78 is 6.88. The molecule has 1 aliphatic heterocycles. The lowest BCUT2D eigenvalue weighted by Crippen LogP contribution is -2.37. The van der Waals surface area contributed by atoms with Gasteiger partial charge in [-0.1, -0.05) is 69.2 Å². The predicted octanol–water partition coefficient (Wildman–Crippen LogP) is 10.4. The molecule has 0 spiro atoms. The maximum Gasteiger partial charge on any atom is 0.227 e. The van der Waals surface area contributed by atoms with Gasteiger partial charge in [-0.2, -0.15) is 0 Å². The Hall–Kier alpha value is -3.79. The molecule has 2 N–H and O–H groups in total. The Morgan fingerprint density at radius 2 is 1.61 bits per heavy atom. The molecule has 1 aliphatic carbocycles. The van der Waals surface area contributed by atoms with Gasteiger partial charge in [-0.15, -0.1) is 0 Å². The van der Waals surface area contributed by atoms with E-state index in [2.05, 4.69) is 112 Å². The number of aliphatic hydroxyl groups excluding tert-OH is 1. The highest BCUT2D eigenvalue weighted by Gasteiger charge is 2.47. The number of carbonyl (C=O) groups excluding carboxylic acids is 1. The molecule has 44 heavy (non-hydrogen) atoms. The van der Waals surface area contributed by atoms with E-state index in [1.165, 1.54) is 5.57 Å². The first-order valence-corrected chi connectivity index (χ1v) is 16.1. The molecule has 0 saturated carbocycles. The molecule has 4 heteroatoms. The van der Waals surface area contributed by atoms with Crippen LogP contribution in [0.2, 0.25) is 0 Å². The van der Waals surface area contributed by atoms with Crippen molar-refractivity contribution in [3.8, 4) is 11.5 Å². The van der Waals surface area contributed by atoms with Crippen molar-refractivity contribution in [2.75, 3.05) is 0 Å². The van der Waals surface area contributed by atoms with Gasteiger partial charge in [0.2, 0.25) is 5.78 Å². The Labute approximate surface area is 263 Å². The van der Waals surface area contributed by atoms with E-state index in [9.17, 15) is 15.0 Å². The largest absolute Gasteiger partial charge is 0.504 e. The molecule has 0 saturated heterocycles. The minimum absolute atomic E-state index is 0.0718. The van der Waals surface area contributed by atoms with Crippen molar-refractivity contribution >= 4 is 16.6 Å². The van der Waals surface area contributed by atoms with Gasteiger partial charge in [0.25, 0.3) is 0 Å². The molecule has 3 atom stereocenters. The SMILES string of the molecule is CC(C)=CCCc1c(C)ccc2c1C(=O)C(O)=C(C(C)C)[C@@H]2[C@H]1c2c(C)ccc3cc(C(C)C)c(O)c(c23)O[C@H]1C=C(C)C. The number of allylic oxidation sites excluding steroid dienone is 5. The lowest BCUT2D eigenvalue weighted by molar-refractivity contribution is 0.0958. The van der Waals surface area contributed by atoms with Gasteiger partial charge in [0, 0.05) is 28.3 Å². The molecular formula is C40H48O4. The summed E-state index contributed by atoms with van der Waals surface area (Å²) in [5.74, 6) is -0.152. The number of phenols is 1. The number of hydrogen-bond acceptors (Lipinski definition) is 4. The Morgan fingerprint density at radius 1 is 0.932 bits per heavy atom. The molecule has 0 aromatic heterocycles. The van der Waals surface area contributed by atoms with Crippen LogP contribution < -0.4 is 4.74 Å². The standard InChI is InChI=1S/C40H48O4/c1-20(2)12-11-13-27-24(9)15-17-28-34(27)39(43)38(42)31(23(7)8)35(28)36-30(18-21(3)4)44-40-33-26(16-14-25(10)32(33)36)19-29(22(5)6)37(40)41/h12,14-19,22-23,30,35-36,41-42H,11,13H2,1-10H3/t30-,35+,36+/m0/s1. The highest BCUT2D eigenvalue weighted by Crippen LogP contribution is 2.57. The Bertz CT molecular complexity index is 1740. The summed E-state index contributed by atoms with van der Waals surface area (Å²) in [6.45, 7) is 20.8. The van der Waals surface area contributed by atoms with E-state index in [1.54, 1.807) is 0 Å². The molecule has 3 aromatic carbocycles.